The Bertz CT molecular complexity index is 1170. The summed E-state index contributed by atoms with van der Waals surface area (Å²) in [4.78, 5) is 17.3. The number of halogens is 1. The molecule has 29 heavy (non-hydrogen) atoms. The SMILES string of the molecule is COc1cccc(-c2csc(-n3nc(C)cc3NC(=O)c3ccc(Br)cc3)n2)c1. The zero-order valence-electron chi connectivity index (χ0n) is 15.7. The lowest BCUT2D eigenvalue weighted by Gasteiger charge is -2.07. The first-order valence-corrected chi connectivity index (χ1v) is 10.4. The lowest BCUT2D eigenvalue weighted by molar-refractivity contribution is 0.102. The molecule has 4 aromatic rings. The number of ether oxygens (including phenoxy) is 1. The molecule has 0 bridgehead atoms. The molecule has 2 aromatic carbocycles. The third-order valence-electron chi connectivity index (χ3n) is 4.22. The van der Waals surface area contributed by atoms with Gasteiger partial charge in [-0.3, -0.25) is 4.79 Å². The molecule has 4 rings (SSSR count). The average Bonchev–Trinajstić information content (AvgIpc) is 3.35. The van der Waals surface area contributed by atoms with E-state index in [4.69, 9.17) is 9.72 Å². The number of rotatable bonds is 5. The summed E-state index contributed by atoms with van der Waals surface area (Å²) < 4.78 is 7.86. The fraction of sp³-hybridized carbons (Fsp3) is 0.0952. The Hall–Kier alpha value is -2.97. The van der Waals surface area contributed by atoms with Crippen LogP contribution in [0.2, 0.25) is 0 Å². The second-order valence-electron chi connectivity index (χ2n) is 6.29. The van der Waals surface area contributed by atoms with Gasteiger partial charge in [0.25, 0.3) is 5.91 Å². The van der Waals surface area contributed by atoms with E-state index in [1.54, 1.807) is 23.9 Å². The molecule has 1 N–H and O–H groups in total. The van der Waals surface area contributed by atoms with Crippen molar-refractivity contribution in [2.24, 2.45) is 0 Å². The van der Waals surface area contributed by atoms with E-state index < -0.39 is 0 Å². The molecule has 2 aromatic heterocycles. The summed E-state index contributed by atoms with van der Waals surface area (Å²) in [7, 11) is 1.64. The summed E-state index contributed by atoms with van der Waals surface area (Å²) in [6.45, 7) is 1.88. The molecule has 0 fully saturated rings. The average molecular weight is 469 g/mol. The molecule has 0 aliphatic heterocycles. The van der Waals surface area contributed by atoms with Gasteiger partial charge in [-0.05, 0) is 43.3 Å². The molecule has 0 spiro atoms. The van der Waals surface area contributed by atoms with Crippen LogP contribution in [0.4, 0.5) is 5.82 Å². The van der Waals surface area contributed by atoms with Crippen molar-refractivity contribution in [3.05, 3.63) is 75.7 Å². The second-order valence-corrected chi connectivity index (χ2v) is 8.04. The third kappa shape index (κ3) is 4.23. The predicted molar refractivity (Wildman–Crippen MR) is 118 cm³/mol. The molecule has 2 heterocycles. The van der Waals surface area contributed by atoms with Gasteiger partial charge < -0.3 is 10.1 Å². The van der Waals surface area contributed by atoms with Gasteiger partial charge in [0.15, 0.2) is 0 Å². The minimum absolute atomic E-state index is 0.205. The number of nitrogens with one attached hydrogen (secondary N) is 1. The molecule has 8 heteroatoms. The van der Waals surface area contributed by atoms with Gasteiger partial charge in [-0.1, -0.05) is 28.1 Å². The Morgan fingerprint density at radius 2 is 1.97 bits per heavy atom. The summed E-state index contributed by atoms with van der Waals surface area (Å²) in [6, 6.07) is 16.7. The number of anilines is 1. The van der Waals surface area contributed by atoms with Gasteiger partial charge in [-0.25, -0.2) is 4.98 Å². The molecule has 0 aliphatic rings. The van der Waals surface area contributed by atoms with Crippen LogP contribution in [0.25, 0.3) is 16.4 Å². The predicted octanol–water partition coefficient (Wildman–Crippen LogP) is 5.33. The van der Waals surface area contributed by atoms with Crippen LogP contribution in [0.5, 0.6) is 5.75 Å². The molecular weight excluding hydrogens is 452 g/mol. The van der Waals surface area contributed by atoms with Crippen LogP contribution in [0, 0.1) is 6.92 Å². The Kier molecular flexibility index (Phi) is 5.46. The van der Waals surface area contributed by atoms with Crippen molar-refractivity contribution in [3.63, 3.8) is 0 Å². The highest BCUT2D eigenvalue weighted by Crippen LogP contribution is 2.28. The van der Waals surface area contributed by atoms with Crippen LogP contribution in [0.1, 0.15) is 16.1 Å². The van der Waals surface area contributed by atoms with E-state index in [2.05, 4.69) is 26.3 Å². The number of amides is 1. The zero-order valence-corrected chi connectivity index (χ0v) is 18.1. The summed E-state index contributed by atoms with van der Waals surface area (Å²) in [5.41, 5.74) is 3.13. The van der Waals surface area contributed by atoms with Crippen LogP contribution >= 0.6 is 27.3 Å². The van der Waals surface area contributed by atoms with E-state index in [1.165, 1.54) is 11.3 Å². The van der Waals surface area contributed by atoms with Crippen molar-refractivity contribution in [2.75, 3.05) is 12.4 Å². The van der Waals surface area contributed by atoms with E-state index in [1.807, 2.05) is 54.8 Å². The standard InChI is InChI=1S/C21H17BrN4O2S/c1-13-10-19(24-20(27)14-6-8-16(22)9-7-14)26(25-13)21-23-18(12-29-21)15-4-3-5-17(11-15)28-2/h3-12H,1-2H3,(H,24,27). The van der Waals surface area contributed by atoms with Crippen molar-refractivity contribution in [3.8, 4) is 22.1 Å². The molecule has 146 valence electrons. The number of methoxy groups -OCH3 is 1. The highest BCUT2D eigenvalue weighted by atomic mass is 79.9. The van der Waals surface area contributed by atoms with E-state index in [0.717, 1.165) is 27.2 Å². The van der Waals surface area contributed by atoms with Crippen molar-refractivity contribution in [2.45, 2.75) is 6.92 Å². The first-order valence-electron chi connectivity index (χ1n) is 8.77. The van der Waals surface area contributed by atoms with Gasteiger partial charge in [0, 0.05) is 27.0 Å². The maximum absolute atomic E-state index is 12.6. The summed E-state index contributed by atoms with van der Waals surface area (Å²) in [6.07, 6.45) is 0. The van der Waals surface area contributed by atoms with Crippen molar-refractivity contribution < 1.29 is 9.53 Å². The molecule has 0 saturated carbocycles. The van der Waals surface area contributed by atoms with E-state index >= 15 is 0 Å². The van der Waals surface area contributed by atoms with Gasteiger partial charge >= 0.3 is 0 Å². The van der Waals surface area contributed by atoms with Gasteiger partial charge in [0.05, 0.1) is 18.5 Å². The fourth-order valence-electron chi connectivity index (χ4n) is 2.80. The van der Waals surface area contributed by atoms with Crippen molar-refractivity contribution in [1.29, 1.82) is 0 Å². The normalized spacial score (nSPS) is 10.7. The van der Waals surface area contributed by atoms with Gasteiger partial charge in [0.1, 0.15) is 11.6 Å². The van der Waals surface area contributed by atoms with E-state index in [0.29, 0.717) is 16.5 Å². The Balaban J connectivity index is 1.62. The number of carbonyl (C=O) groups excluding carboxylic acids is 1. The zero-order chi connectivity index (χ0) is 20.4. The van der Waals surface area contributed by atoms with Crippen LogP contribution in [0.3, 0.4) is 0 Å². The van der Waals surface area contributed by atoms with Gasteiger partial charge in [0.2, 0.25) is 5.13 Å². The molecule has 0 atom stereocenters. The lowest BCUT2D eigenvalue weighted by Crippen LogP contribution is -2.15. The van der Waals surface area contributed by atoms with Crippen LogP contribution in [-0.2, 0) is 0 Å². The topological polar surface area (TPSA) is 69.0 Å². The third-order valence-corrected chi connectivity index (χ3v) is 5.56. The summed E-state index contributed by atoms with van der Waals surface area (Å²) in [5, 5.41) is 10.1. The lowest BCUT2D eigenvalue weighted by atomic mass is 10.2. The highest BCUT2D eigenvalue weighted by Gasteiger charge is 2.15. The molecule has 1 amide bonds. The number of hydrogen-bond acceptors (Lipinski definition) is 5. The fourth-order valence-corrected chi connectivity index (χ4v) is 3.86. The summed E-state index contributed by atoms with van der Waals surface area (Å²) in [5.74, 6) is 1.14. The van der Waals surface area contributed by atoms with Crippen LogP contribution in [-0.4, -0.2) is 27.8 Å². The molecule has 0 unspecified atom stereocenters. The Morgan fingerprint density at radius 1 is 1.17 bits per heavy atom. The Morgan fingerprint density at radius 3 is 2.72 bits per heavy atom. The molecule has 0 aliphatic carbocycles. The minimum atomic E-state index is -0.205. The number of thiazole rings is 1. The van der Waals surface area contributed by atoms with Crippen molar-refractivity contribution >= 4 is 39.0 Å². The maximum atomic E-state index is 12.6. The monoisotopic (exact) mass is 468 g/mol. The minimum Gasteiger partial charge on any atom is -0.497 e. The first kappa shape index (κ1) is 19.4. The quantitative estimate of drug-likeness (QED) is 0.429. The number of aryl methyl sites for hydroxylation is 1. The van der Waals surface area contributed by atoms with Crippen LogP contribution in [0.15, 0.2) is 64.5 Å². The van der Waals surface area contributed by atoms with Gasteiger partial charge in [-0.2, -0.15) is 9.78 Å². The molecule has 0 radical (unpaired) electrons. The number of aromatic nitrogens is 3. The molecule has 0 saturated heterocycles. The number of nitrogens with zero attached hydrogens (tertiary/aromatic N) is 3. The van der Waals surface area contributed by atoms with E-state index in [-0.39, 0.29) is 5.91 Å². The number of benzene rings is 2. The Labute approximate surface area is 180 Å². The molecular formula is C21H17BrN4O2S. The van der Waals surface area contributed by atoms with Crippen molar-refractivity contribution in [1.82, 2.24) is 14.8 Å². The number of hydrogen-bond donors (Lipinski definition) is 1. The summed E-state index contributed by atoms with van der Waals surface area (Å²) >= 11 is 4.83. The molecule has 6 nitrogen and oxygen atoms in total. The van der Waals surface area contributed by atoms with Crippen LogP contribution < -0.4 is 10.1 Å². The first-order chi connectivity index (χ1) is 14.0. The second kappa shape index (κ2) is 8.18. The number of carbonyl (C=O) groups is 1. The van der Waals surface area contributed by atoms with Gasteiger partial charge in [-0.15, -0.1) is 11.3 Å². The maximum Gasteiger partial charge on any atom is 0.256 e. The highest BCUT2D eigenvalue weighted by molar-refractivity contribution is 9.10. The smallest absolute Gasteiger partial charge is 0.256 e. The van der Waals surface area contributed by atoms with E-state index in [9.17, 15) is 4.79 Å². The largest absolute Gasteiger partial charge is 0.497 e.